The molecule has 3 fully saturated rings. The lowest BCUT2D eigenvalue weighted by atomic mass is 9.92. The lowest BCUT2D eigenvalue weighted by molar-refractivity contribution is 0.000606. The van der Waals surface area contributed by atoms with Crippen molar-refractivity contribution in [3.05, 3.63) is 35.9 Å². The number of hydrogen-bond donors (Lipinski definition) is 1. The van der Waals surface area contributed by atoms with Crippen LogP contribution in [0.4, 0.5) is 4.79 Å². The first-order chi connectivity index (χ1) is 11.9. The second-order valence-corrected chi connectivity index (χ2v) is 8.31. The van der Waals surface area contributed by atoms with Crippen LogP contribution < -0.4 is 0 Å². The van der Waals surface area contributed by atoms with Gasteiger partial charge in [0.1, 0.15) is 5.60 Å². The number of carbonyl (C=O) groups excluding carboxylic acids is 1. The number of aliphatic hydroxyl groups excluding tert-OH is 1. The van der Waals surface area contributed by atoms with Crippen LogP contribution in [0.3, 0.4) is 0 Å². The zero-order valence-electron chi connectivity index (χ0n) is 15.5. The Kier molecular flexibility index (Phi) is 5.35. The third kappa shape index (κ3) is 4.33. The van der Waals surface area contributed by atoms with Gasteiger partial charge in [0, 0.05) is 25.7 Å². The molecule has 4 rings (SSSR count). The predicted molar refractivity (Wildman–Crippen MR) is 97.2 cm³/mol. The zero-order chi connectivity index (χ0) is 18.0. The fraction of sp³-hybridized carbons (Fsp3) is 0.650. The Morgan fingerprint density at radius 3 is 2.56 bits per heavy atom. The summed E-state index contributed by atoms with van der Waals surface area (Å²) in [5, 5.41) is 10.1. The highest BCUT2D eigenvalue weighted by atomic mass is 16.6. The summed E-state index contributed by atoms with van der Waals surface area (Å²) in [6, 6.07) is 10.4. The highest BCUT2D eigenvalue weighted by Crippen LogP contribution is 2.33. The fourth-order valence-corrected chi connectivity index (χ4v) is 4.10. The van der Waals surface area contributed by atoms with Crippen molar-refractivity contribution in [3.8, 4) is 0 Å². The normalized spacial score (nSPS) is 27.2. The molecule has 0 saturated carbocycles. The van der Waals surface area contributed by atoms with Gasteiger partial charge in [-0.05, 0) is 45.1 Å². The third-order valence-corrected chi connectivity index (χ3v) is 5.18. The van der Waals surface area contributed by atoms with Gasteiger partial charge in [-0.15, -0.1) is 0 Å². The van der Waals surface area contributed by atoms with Gasteiger partial charge in [0.05, 0.1) is 12.6 Å². The van der Waals surface area contributed by atoms with E-state index in [1.807, 2.05) is 26.8 Å². The average molecular weight is 346 g/mol. The molecule has 0 aliphatic carbocycles. The number of rotatable bonds is 3. The molecule has 0 spiro atoms. The van der Waals surface area contributed by atoms with Gasteiger partial charge in [-0.2, -0.15) is 0 Å². The summed E-state index contributed by atoms with van der Waals surface area (Å²) in [5.41, 5.74) is 0.752. The van der Waals surface area contributed by atoms with E-state index in [1.165, 1.54) is 5.56 Å². The summed E-state index contributed by atoms with van der Waals surface area (Å²) < 4.78 is 5.60. The van der Waals surface area contributed by atoms with E-state index in [2.05, 4.69) is 29.2 Å². The molecule has 1 N–H and O–H groups in total. The molecule has 0 aromatic heterocycles. The molecular weight excluding hydrogens is 316 g/mol. The van der Waals surface area contributed by atoms with Crippen molar-refractivity contribution < 1.29 is 14.6 Å². The molecule has 1 aromatic rings. The van der Waals surface area contributed by atoms with Gasteiger partial charge in [0.2, 0.25) is 0 Å². The summed E-state index contributed by atoms with van der Waals surface area (Å²) in [5.74, 6) is 0.434. The minimum atomic E-state index is -0.522. The van der Waals surface area contributed by atoms with Crippen LogP contribution in [0.25, 0.3) is 0 Å². The van der Waals surface area contributed by atoms with Crippen LogP contribution in [0.5, 0.6) is 0 Å². The van der Waals surface area contributed by atoms with Gasteiger partial charge in [-0.1, -0.05) is 30.3 Å². The standard InChI is InChI=1S/C20H30N2O3/c1-20(2,3)25-19(24)22-13-16-9-10-17(18(22)14-23)21(12-16)11-15-7-5-4-6-8-15/h4-8,16-18,23H,9-14H2,1-3H3/t16-,17-,18?/m0/s1. The van der Waals surface area contributed by atoms with Crippen molar-refractivity contribution >= 4 is 6.09 Å². The Labute approximate surface area is 150 Å². The lowest BCUT2D eigenvalue weighted by Gasteiger charge is -2.40. The number of aliphatic hydroxyl groups is 1. The molecule has 1 amide bonds. The minimum absolute atomic E-state index is 0.0259. The number of nitrogens with zero attached hydrogens (tertiary/aromatic N) is 2. The predicted octanol–water partition coefficient (Wildman–Crippen LogP) is 2.88. The van der Waals surface area contributed by atoms with E-state index in [4.69, 9.17) is 4.74 Å². The van der Waals surface area contributed by atoms with E-state index >= 15 is 0 Å². The molecular formula is C20H30N2O3. The largest absolute Gasteiger partial charge is 0.444 e. The number of benzene rings is 1. The Hall–Kier alpha value is -1.59. The maximum absolute atomic E-state index is 12.7. The highest BCUT2D eigenvalue weighted by molar-refractivity contribution is 5.69. The molecule has 3 saturated heterocycles. The second-order valence-electron chi connectivity index (χ2n) is 8.31. The average Bonchev–Trinajstić information content (AvgIpc) is 2.82. The summed E-state index contributed by atoms with van der Waals surface area (Å²) in [6.07, 6.45) is 1.82. The Morgan fingerprint density at radius 2 is 1.92 bits per heavy atom. The molecule has 3 atom stereocenters. The van der Waals surface area contributed by atoms with Crippen molar-refractivity contribution in [2.75, 3.05) is 19.7 Å². The second kappa shape index (κ2) is 7.34. The molecule has 1 unspecified atom stereocenters. The van der Waals surface area contributed by atoms with Gasteiger partial charge in [-0.3, -0.25) is 4.90 Å². The van der Waals surface area contributed by atoms with Crippen LogP contribution in [0.15, 0.2) is 30.3 Å². The van der Waals surface area contributed by atoms with Gasteiger partial charge < -0.3 is 14.7 Å². The molecule has 5 nitrogen and oxygen atoms in total. The smallest absolute Gasteiger partial charge is 0.410 e. The molecule has 2 bridgehead atoms. The quantitative estimate of drug-likeness (QED) is 0.914. The molecule has 3 heterocycles. The van der Waals surface area contributed by atoms with Crippen molar-refractivity contribution in [3.63, 3.8) is 0 Å². The van der Waals surface area contributed by atoms with Crippen LogP contribution >= 0.6 is 0 Å². The molecule has 1 aromatic carbocycles. The number of carbonyl (C=O) groups is 1. The Balaban J connectivity index is 1.79. The van der Waals surface area contributed by atoms with Crippen LogP contribution in [0.1, 0.15) is 39.2 Å². The maximum Gasteiger partial charge on any atom is 0.410 e. The Morgan fingerprint density at radius 1 is 1.20 bits per heavy atom. The van der Waals surface area contributed by atoms with Crippen LogP contribution in [0, 0.1) is 5.92 Å². The minimum Gasteiger partial charge on any atom is -0.444 e. The maximum atomic E-state index is 12.7. The number of hydrogen-bond acceptors (Lipinski definition) is 4. The number of fused-ring (bicyclic) bond motifs is 4. The molecule has 25 heavy (non-hydrogen) atoms. The molecule has 0 radical (unpaired) electrons. The van der Waals surface area contributed by atoms with E-state index in [1.54, 1.807) is 4.90 Å². The van der Waals surface area contributed by atoms with E-state index in [0.29, 0.717) is 12.5 Å². The first-order valence-electron chi connectivity index (χ1n) is 9.26. The molecule has 3 aliphatic rings. The van der Waals surface area contributed by atoms with Crippen molar-refractivity contribution in [1.82, 2.24) is 9.80 Å². The third-order valence-electron chi connectivity index (χ3n) is 5.18. The monoisotopic (exact) mass is 346 g/mol. The topological polar surface area (TPSA) is 53.0 Å². The lowest BCUT2D eigenvalue weighted by Crippen LogP contribution is -2.53. The number of piperidine rings is 1. The van der Waals surface area contributed by atoms with Crippen molar-refractivity contribution in [1.29, 1.82) is 0 Å². The number of amides is 1. The molecule has 138 valence electrons. The van der Waals surface area contributed by atoms with Gasteiger partial charge >= 0.3 is 6.09 Å². The summed E-state index contributed by atoms with van der Waals surface area (Å²) in [6.45, 7) is 8.12. The van der Waals surface area contributed by atoms with E-state index in [9.17, 15) is 9.90 Å². The first-order valence-corrected chi connectivity index (χ1v) is 9.26. The molecule has 3 aliphatic heterocycles. The summed E-state index contributed by atoms with van der Waals surface area (Å²) in [7, 11) is 0. The van der Waals surface area contributed by atoms with E-state index in [-0.39, 0.29) is 24.8 Å². The number of ether oxygens (including phenoxy) is 1. The molecule has 5 heteroatoms. The fourth-order valence-electron chi connectivity index (χ4n) is 4.10. The van der Waals surface area contributed by atoms with Crippen molar-refractivity contribution in [2.45, 2.75) is 57.8 Å². The highest BCUT2D eigenvalue weighted by Gasteiger charge is 2.44. The Bertz CT molecular complexity index is 584. The van der Waals surface area contributed by atoms with E-state index < -0.39 is 5.60 Å². The van der Waals surface area contributed by atoms with Gasteiger partial charge in [0.25, 0.3) is 0 Å². The van der Waals surface area contributed by atoms with Crippen LogP contribution in [0.2, 0.25) is 0 Å². The first kappa shape index (κ1) is 18.2. The van der Waals surface area contributed by atoms with Crippen LogP contribution in [-0.2, 0) is 11.3 Å². The van der Waals surface area contributed by atoms with Crippen LogP contribution in [-0.4, -0.2) is 58.4 Å². The zero-order valence-corrected chi connectivity index (χ0v) is 15.5. The van der Waals surface area contributed by atoms with Crippen molar-refractivity contribution in [2.24, 2.45) is 5.92 Å². The van der Waals surface area contributed by atoms with E-state index in [0.717, 1.165) is 25.9 Å². The SMILES string of the molecule is CC(C)(C)OC(=O)N1C[C@H]2CC[C@@H](C1CO)N(Cc1ccccc1)C2. The van der Waals surface area contributed by atoms with Gasteiger partial charge in [0.15, 0.2) is 0 Å². The summed E-state index contributed by atoms with van der Waals surface area (Å²) >= 11 is 0. The summed E-state index contributed by atoms with van der Waals surface area (Å²) in [4.78, 5) is 16.9. The van der Waals surface area contributed by atoms with Gasteiger partial charge in [-0.25, -0.2) is 4.79 Å².